The first kappa shape index (κ1) is 12.2. The Morgan fingerprint density at radius 3 is 2.69 bits per heavy atom. The van der Waals surface area contributed by atoms with Gasteiger partial charge < -0.3 is 20.9 Å². The maximum Gasteiger partial charge on any atom is 0.188 e. The second kappa shape index (κ2) is 6.68. The first-order chi connectivity index (χ1) is 6.06. The van der Waals surface area contributed by atoms with Gasteiger partial charge in [-0.1, -0.05) is 0 Å². The molecule has 0 aliphatic heterocycles. The molecular formula is C8H19N3O2. The Hall–Kier alpha value is -0.810. The van der Waals surface area contributed by atoms with Gasteiger partial charge in [-0.15, -0.1) is 0 Å². The third-order valence-corrected chi connectivity index (χ3v) is 1.27. The van der Waals surface area contributed by atoms with E-state index in [-0.39, 0.29) is 19.2 Å². The molecule has 0 amide bonds. The van der Waals surface area contributed by atoms with Crippen molar-refractivity contribution in [2.75, 3.05) is 20.3 Å². The number of ether oxygens (including phenoxy) is 1. The van der Waals surface area contributed by atoms with Crippen LogP contribution in [0.5, 0.6) is 0 Å². The maximum absolute atomic E-state index is 9.22. The summed E-state index contributed by atoms with van der Waals surface area (Å²) in [5.41, 5.74) is 5.51. The number of guanidine groups is 1. The van der Waals surface area contributed by atoms with Gasteiger partial charge in [-0.25, -0.2) is 0 Å². The van der Waals surface area contributed by atoms with E-state index in [1.165, 1.54) is 7.11 Å². The first-order valence-electron chi connectivity index (χ1n) is 4.29. The van der Waals surface area contributed by atoms with Gasteiger partial charge in [0.2, 0.25) is 0 Å². The van der Waals surface area contributed by atoms with Crippen LogP contribution in [0.15, 0.2) is 4.99 Å². The second-order valence-corrected chi connectivity index (χ2v) is 3.13. The van der Waals surface area contributed by atoms with Crippen molar-refractivity contribution in [3.8, 4) is 0 Å². The Labute approximate surface area is 79.0 Å². The van der Waals surface area contributed by atoms with Crippen molar-refractivity contribution in [1.29, 1.82) is 0 Å². The molecule has 5 heteroatoms. The minimum atomic E-state index is -0.586. The number of hydrogen-bond donors (Lipinski definition) is 3. The van der Waals surface area contributed by atoms with Crippen molar-refractivity contribution in [2.45, 2.75) is 26.0 Å². The van der Waals surface area contributed by atoms with Gasteiger partial charge in [-0.2, -0.15) is 0 Å². The fourth-order valence-corrected chi connectivity index (χ4v) is 0.790. The summed E-state index contributed by atoms with van der Waals surface area (Å²) in [5.74, 6) is 0.352. The summed E-state index contributed by atoms with van der Waals surface area (Å²) in [6, 6.07) is 0.253. The van der Waals surface area contributed by atoms with E-state index >= 15 is 0 Å². The molecule has 0 aromatic rings. The van der Waals surface area contributed by atoms with Crippen molar-refractivity contribution in [1.82, 2.24) is 5.32 Å². The summed E-state index contributed by atoms with van der Waals surface area (Å²) in [5, 5.41) is 12.1. The van der Waals surface area contributed by atoms with Crippen molar-refractivity contribution in [3.63, 3.8) is 0 Å². The van der Waals surface area contributed by atoms with E-state index < -0.39 is 6.10 Å². The standard InChI is InChI=1S/C8H19N3O2/c1-6(2)11-8(9)10-4-7(12)5-13-3/h6-7,12H,4-5H2,1-3H3,(H3,9,10,11). The van der Waals surface area contributed by atoms with Crippen LogP contribution in [0, 0.1) is 0 Å². The third kappa shape index (κ3) is 7.55. The molecule has 0 saturated heterocycles. The maximum atomic E-state index is 9.22. The van der Waals surface area contributed by atoms with E-state index in [2.05, 4.69) is 10.3 Å². The molecule has 0 saturated carbocycles. The van der Waals surface area contributed by atoms with Crippen LogP contribution < -0.4 is 11.1 Å². The van der Waals surface area contributed by atoms with Gasteiger partial charge in [0, 0.05) is 13.2 Å². The summed E-state index contributed by atoms with van der Waals surface area (Å²) in [4.78, 5) is 3.94. The average molecular weight is 189 g/mol. The summed E-state index contributed by atoms with van der Waals surface area (Å²) in [7, 11) is 1.53. The number of aliphatic imine (C=N–C) groups is 1. The molecule has 0 fully saturated rings. The molecule has 0 aromatic carbocycles. The molecule has 0 aliphatic carbocycles. The van der Waals surface area contributed by atoms with Crippen molar-refractivity contribution in [2.24, 2.45) is 10.7 Å². The molecule has 0 aromatic heterocycles. The largest absolute Gasteiger partial charge is 0.389 e. The predicted molar refractivity (Wildman–Crippen MR) is 52.6 cm³/mol. The molecule has 0 rings (SSSR count). The molecule has 0 heterocycles. The Bertz CT molecular complexity index is 159. The topological polar surface area (TPSA) is 79.9 Å². The van der Waals surface area contributed by atoms with E-state index in [0.717, 1.165) is 0 Å². The van der Waals surface area contributed by atoms with Gasteiger partial charge >= 0.3 is 0 Å². The van der Waals surface area contributed by atoms with E-state index in [1.807, 2.05) is 13.8 Å². The Morgan fingerprint density at radius 1 is 1.62 bits per heavy atom. The monoisotopic (exact) mass is 189 g/mol. The highest BCUT2D eigenvalue weighted by Gasteiger charge is 2.02. The van der Waals surface area contributed by atoms with Crippen molar-refractivity contribution in [3.05, 3.63) is 0 Å². The number of nitrogens with zero attached hydrogens (tertiary/aromatic N) is 1. The van der Waals surface area contributed by atoms with Crippen LogP contribution in [0.1, 0.15) is 13.8 Å². The van der Waals surface area contributed by atoms with Gasteiger partial charge in [0.25, 0.3) is 0 Å². The number of aliphatic hydroxyl groups excluding tert-OH is 1. The molecule has 0 bridgehead atoms. The Kier molecular flexibility index (Phi) is 6.26. The number of nitrogens with two attached hydrogens (primary N) is 1. The van der Waals surface area contributed by atoms with Gasteiger partial charge in [0.05, 0.1) is 19.3 Å². The van der Waals surface area contributed by atoms with E-state index in [9.17, 15) is 5.11 Å². The van der Waals surface area contributed by atoms with Gasteiger partial charge in [0.1, 0.15) is 0 Å². The molecular weight excluding hydrogens is 170 g/mol. The minimum Gasteiger partial charge on any atom is -0.389 e. The Morgan fingerprint density at radius 2 is 2.23 bits per heavy atom. The van der Waals surface area contributed by atoms with Crippen LogP contribution in [0.2, 0.25) is 0 Å². The summed E-state index contributed by atoms with van der Waals surface area (Å²) < 4.78 is 4.74. The van der Waals surface area contributed by atoms with E-state index in [1.54, 1.807) is 0 Å². The van der Waals surface area contributed by atoms with Crippen molar-refractivity contribution >= 4 is 5.96 Å². The zero-order valence-electron chi connectivity index (χ0n) is 8.45. The highest BCUT2D eigenvalue weighted by atomic mass is 16.5. The molecule has 13 heavy (non-hydrogen) atoms. The SMILES string of the molecule is COCC(O)CN=C(N)NC(C)C. The lowest BCUT2D eigenvalue weighted by molar-refractivity contribution is 0.0704. The molecule has 0 aliphatic rings. The summed E-state index contributed by atoms with van der Waals surface area (Å²) >= 11 is 0. The lowest BCUT2D eigenvalue weighted by Crippen LogP contribution is -2.37. The van der Waals surface area contributed by atoms with Crippen LogP contribution in [0.3, 0.4) is 0 Å². The average Bonchev–Trinajstić information content (AvgIpc) is 2.00. The molecule has 78 valence electrons. The van der Waals surface area contributed by atoms with Gasteiger partial charge in [0.15, 0.2) is 5.96 Å². The lowest BCUT2D eigenvalue weighted by Gasteiger charge is -2.10. The first-order valence-corrected chi connectivity index (χ1v) is 4.29. The van der Waals surface area contributed by atoms with Gasteiger partial charge in [-0.05, 0) is 13.8 Å². The molecule has 1 unspecified atom stereocenters. The van der Waals surface area contributed by atoms with Gasteiger partial charge in [-0.3, -0.25) is 4.99 Å². The number of methoxy groups -OCH3 is 1. The van der Waals surface area contributed by atoms with Crippen molar-refractivity contribution < 1.29 is 9.84 Å². The number of rotatable bonds is 5. The normalized spacial score (nSPS) is 14.7. The number of nitrogens with one attached hydrogen (secondary N) is 1. The molecule has 0 radical (unpaired) electrons. The third-order valence-electron chi connectivity index (χ3n) is 1.27. The highest BCUT2D eigenvalue weighted by Crippen LogP contribution is 1.85. The molecule has 0 spiro atoms. The molecule has 4 N–H and O–H groups in total. The number of aliphatic hydroxyl groups is 1. The van der Waals surface area contributed by atoms with Crippen LogP contribution >= 0.6 is 0 Å². The van der Waals surface area contributed by atoms with E-state index in [0.29, 0.717) is 5.96 Å². The summed E-state index contributed by atoms with van der Waals surface area (Å²) in [6.07, 6.45) is -0.586. The second-order valence-electron chi connectivity index (χ2n) is 3.13. The van der Waals surface area contributed by atoms with Crippen LogP contribution in [0.4, 0.5) is 0 Å². The van der Waals surface area contributed by atoms with Crippen LogP contribution in [0.25, 0.3) is 0 Å². The van der Waals surface area contributed by atoms with Crippen LogP contribution in [-0.4, -0.2) is 43.5 Å². The zero-order valence-corrected chi connectivity index (χ0v) is 8.45. The predicted octanol–water partition coefficient (Wildman–Crippen LogP) is -0.694. The fraction of sp³-hybridized carbons (Fsp3) is 0.875. The fourth-order valence-electron chi connectivity index (χ4n) is 0.790. The van der Waals surface area contributed by atoms with E-state index in [4.69, 9.17) is 10.5 Å². The lowest BCUT2D eigenvalue weighted by atomic mass is 10.4. The Balaban J connectivity index is 3.68. The summed E-state index contributed by atoms with van der Waals surface area (Å²) in [6.45, 7) is 4.47. The number of hydrogen-bond acceptors (Lipinski definition) is 3. The smallest absolute Gasteiger partial charge is 0.188 e. The quantitative estimate of drug-likeness (QED) is 0.395. The molecule has 5 nitrogen and oxygen atoms in total. The van der Waals surface area contributed by atoms with Crippen LogP contribution in [-0.2, 0) is 4.74 Å². The zero-order chi connectivity index (χ0) is 10.3. The molecule has 1 atom stereocenters. The highest BCUT2D eigenvalue weighted by molar-refractivity contribution is 5.78. The minimum absolute atomic E-state index is 0.253.